The second-order valence-corrected chi connectivity index (χ2v) is 4.31. The lowest BCUT2D eigenvalue weighted by molar-refractivity contribution is 0.111. The van der Waals surface area contributed by atoms with Crippen LogP contribution >= 0.6 is 11.5 Å². The molecule has 4 heteroatoms. The molecule has 0 aliphatic carbocycles. The van der Waals surface area contributed by atoms with Crippen molar-refractivity contribution >= 4 is 11.5 Å². The Labute approximate surface area is 82.9 Å². The van der Waals surface area contributed by atoms with E-state index in [-0.39, 0.29) is 0 Å². The van der Waals surface area contributed by atoms with Gasteiger partial charge in [0, 0.05) is 5.38 Å². The second kappa shape index (κ2) is 4.67. The van der Waals surface area contributed by atoms with E-state index in [1.807, 2.05) is 5.38 Å². The number of aromatic nitrogens is 2. The molecular weight excluding hydrogens is 182 g/mol. The molecule has 3 saturated heterocycles. The standard InChI is InChI=1S/C7H13N.C2H2N2S/c1-4-8-5-2-7(1)3-6-8;1-2-5-4-3-1/h7H,1-6H2;1-2H. The molecule has 3 fully saturated rings. The smallest absolute Gasteiger partial charge is 0.0620 e. The largest absolute Gasteiger partial charge is 0.303 e. The van der Waals surface area contributed by atoms with Crippen LogP contribution in [0.1, 0.15) is 19.3 Å². The van der Waals surface area contributed by atoms with Gasteiger partial charge < -0.3 is 4.90 Å². The highest BCUT2D eigenvalue weighted by Gasteiger charge is 2.24. The fourth-order valence-electron chi connectivity index (χ4n) is 2.00. The summed E-state index contributed by atoms with van der Waals surface area (Å²) in [5.74, 6) is 1.11. The van der Waals surface area contributed by atoms with Gasteiger partial charge in [-0.2, -0.15) is 0 Å². The van der Waals surface area contributed by atoms with Crippen LogP contribution in [0.5, 0.6) is 0 Å². The summed E-state index contributed by atoms with van der Waals surface area (Å²) >= 11 is 1.35. The zero-order valence-corrected chi connectivity index (χ0v) is 8.54. The van der Waals surface area contributed by atoms with Crippen LogP contribution in [0.3, 0.4) is 0 Å². The van der Waals surface area contributed by atoms with E-state index >= 15 is 0 Å². The van der Waals surface area contributed by atoms with Crippen molar-refractivity contribution in [1.29, 1.82) is 0 Å². The molecule has 0 saturated carbocycles. The van der Waals surface area contributed by atoms with Crippen molar-refractivity contribution in [1.82, 2.24) is 14.5 Å². The van der Waals surface area contributed by atoms with E-state index in [9.17, 15) is 0 Å². The zero-order valence-electron chi connectivity index (χ0n) is 7.72. The van der Waals surface area contributed by atoms with Crippen molar-refractivity contribution in [3.63, 3.8) is 0 Å². The Kier molecular flexibility index (Phi) is 3.27. The summed E-state index contributed by atoms with van der Waals surface area (Å²) in [4.78, 5) is 2.58. The minimum atomic E-state index is 1.11. The van der Waals surface area contributed by atoms with Crippen LogP contribution in [0.25, 0.3) is 0 Å². The average molecular weight is 197 g/mol. The van der Waals surface area contributed by atoms with E-state index < -0.39 is 0 Å². The average Bonchev–Trinajstić information content (AvgIpc) is 2.79. The van der Waals surface area contributed by atoms with Gasteiger partial charge in [-0.15, -0.1) is 5.10 Å². The monoisotopic (exact) mass is 197 g/mol. The van der Waals surface area contributed by atoms with E-state index in [1.165, 1.54) is 50.4 Å². The maximum Gasteiger partial charge on any atom is 0.0620 e. The van der Waals surface area contributed by atoms with Crippen molar-refractivity contribution in [3.05, 3.63) is 11.6 Å². The van der Waals surface area contributed by atoms with Gasteiger partial charge >= 0.3 is 0 Å². The van der Waals surface area contributed by atoms with Gasteiger partial charge in [0.15, 0.2) is 0 Å². The van der Waals surface area contributed by atoms with Gasteiger partial charge in [-0.05, 0) is 56.3 Å². The Balaban J connectivity index is 0.000000113. The van der Waals surface area contributed by atoms with E-state index in [2.05, 4.69) is 14.5 Å². The summed E-state index contributed by atoms with van der Waals surface area (Å²) in [6.07, 6.45) is 6.12. The Hall–Kier alpha value is -0.480. The minimum Gasteiger partial charge on any atom is -0.303 e. The summed E-state index contributed by atoms with van der Waals surface area (Å²) in [5.41, 5.74) is 0. The van der Waals surface area contributed by atoms with E-state index in [0.29, 0.717) is 0 Å². The van der Waals surface area contributed by atoms with E-state index in [1.54, 1.807) is 6.20 Å². The Morgan fingerprint density at radius 2 is 1.85 bits per heavy atom. The van der Waals surface area contributed by atoms with Gasteiger partial charge in [-0.3, -0.25) is 0 Å². The third-order valence-electron chi connectivity index (χ3n) is 2.84. The molecule has 0 atom stereocenters. The molecule has 1 aromatic heterocycles. The Morgan fingerprint density at radius 1 is 1.15 bits per heavy atom. The first kappa shape index (κ1) is 9.09. The van der Waals surface area contributed by atoms with Crippen molar-refractivity contribution in [3.8, 4) is 0 Å². The van der Waals surface area contributed by atoms with E-state index in [4.69, 9.17) is 0 Å². The number of hydrogen-bond acceptors (Lipinski definition) is 4. The Morgan fingerprint density at radius 3 is 2.00 bits per heavy atom. The van der Waals surface area contributed by atoms with Gasteiger partial charge in [0.05, 0.1) is 6.20 Å². The fraction of sp³-hybridized carbons (Fsp3) is 0.778. The third-order valence-corrected chi connectivity index (χ3v) is 3.28. The Bertz CT molecular complexity index is 177. The topological polar surface area (TPSA) is 29.0 Å². The SMILES string of the molecule is C1CN2CCC1CC2.c1csnn1. The number of fused-ring (bicyclic) bond motifs is 3. The molecule has 0 aromatic carbocycles. The number of hydrogen-bond donors (Lipinski definition) is 0. The maximum absolute atomic E-state index is 3.51. The van der Waals surface area contributed by atoms with Crippen LogP contribution in [-0.2, 0) is 0 Å². The molecule has 4 heterocycles. The van der Waals surface area contributed by atoms with Crippen molar-refractivity contribution in [2.24, 2.45) is 5.92 Å². The van der Waals surface area contributed by atoms with Crippen molar-refractivity contribution < 1.29 is 0 Å². The number of piperidine rings is 3. The summed E-state index contributed by atoms with van der Waals surface area (Å²) in [7, 11) is 0. The highest BCUT2D eigenvalue weighted by molar-refractivity contribution is 7.03. The highest BCUT2D eigenvalue weighted by Crippen LogP contribution is 2.26. The van der Waals surface area contributed by atoms with Gasteiger partial charge in [0.1, 0.15) is 0 Å². The molecule has 0 radical (unpaired) electrons. The molecule has 0 N–H and O–H groups in total. The third kappa shape index (κ3) is 2.74. The van der Waals surface area contributed by atoms with Gasteiger partial charge in [0.2, 0.25) is 0 Å². The molecule has 4 rings (SSSR count). The lowest BCUT2D eigenvalue weighted by Crippen LogP contribution is -2.41. The van der Waals surface area contributed by atoms with Crippen LogP contribution in [-0.4, -0.2) is 34.1 Å². The first-order chi connectivity index (χ1) is 6.45. The lowest BCUT2D eigenvalue weighted by atomic mass is 9.89. The van der Waals surface area contributed by atoms with Crippen LogP contribution in [0.2, 0.25) is 0 Å². The first-order valence-electron chi connectivity index (χ1n) is 4.88. The summed E-state index contributed by atoms with van der Waals surface area (Å²) < 4.78 is 3.51. The molecule has 1 aromatic rings. The summed E-state index contributed by atoms with van der Waals surface area (Å²) in [6, 6.07) is 0. The van der Waals surface area contributed by atoms with Crippen LogP contribution < -0.4 is 0 Å². The lowest BCUT2D eigenvalue weighted by Gasteiger charge is -2.38. The molecule has 13 heavy (non-hydrogen) atoms. The van der Waals surface area contributed by atoms with Crippen molar-refractivity contribution in [2.75, 3.05) is 19.6 Å². The fourth-order valence-corrected chi connectivity index (χ4v) is 2.27. The predicted molar refractivity (Wildman–Crippen MR) is 53.7 cm³/mol. The molecule has 2 bridgehead atoms. The van der Waals surface area contributed by atoms with Gasteiger partial charge in [-0.1, -0.05) is 4.49 Å². The molecule has 3 nitrogen and oxygen atoms in total. The van der Waals surface area contributed by atoms with E-state index in [0.717, 1.165) is 5.92 Å². The molecule has 3 aliphatic rings. The maximum atomic E-state index is 3.51. The van der Waals surface area contributed by atoms with Crippen LogP contribution in [0.4, 0.5) is 0 Å². The predicted octanol–water partition coefficient (Wildman–Crippen LogP) is 1.64. The quantitative estimate of drug-likeness (QED) is 0.633. The highest BCUT2D eigenvalue weighted by atomic mass is 32.1. The molecule has 0 unspecified atom stereocenters. The van der Waals surface area contributed by atoms with Gasteiger partial charge in [-0.25, -0.2) is 0 Å². The molecule has 3 aliphatic heterocycles. The number of rotatable bonds is 0. The molecule has 0 spiro atoms. The van der Waals surface area contributed by atoms with Crippen LogP contribution in [0.15, 0.2) is 11.6 Å². The summed E-state index contributed by atoms with van der Waals surface area (Å²) in [5, 5.41) is 5.31. The molecular formula is C9H15N3S. The van der Waals surface area contributed by atoms with Crippen LogP contribution in [0, 0.1) is 5.92 Å². The zero-order chi connectivity index (χ0) is 8.93. The van der Waals surface area contributed by atoms with Crippen molar-refractivity contribution in [2.45, 2.75) is 19.3 Å². The molecule has 72 valence electrons. The minimum absolute atomic E-state index is 1.11. The summed E-state index contributed by atoms with van der Waals surface area (Å²) in [6.45, 7) is 4.18. The van der Waals surface area contributed by atoms with Gasteiger partial charge in [0.25, 0.3) is 0 Å². The first-order valence-corrected chi connectivity index (χ1v) is 5.72. The second-order valence-electron chi connectivity index (χ2n) is 3.66. The number of nitrogens with zero attached hydrogens (tertiary/aromatic N) is 3. The molecule has 0 amide bonds. The normalized spacial score (nSPS) is 30.8.